The summed E-state index contributed by atoms with van der Waals surface area (Å²) in [5, 5.41) is 2.89. The largest absolute Gasteiger partial charge is 0.379 e. The highest BCUT2D eigenvalue weighted by atomic mass is 79.9. The van der Waals surface area contributed by atoms with Crippen molar-refractivity contribution < 1.29 is 17.9 Å². The molecule has 31 heavy (non-hydrogen) atoms. The number of carbonyl (C=O) groups excluding carboxylic acids is 1. The molecule has 1 aliphatic heterocycles. The van der Waals surface area contributed by atoms with Crippen LogP contribution in [0.2, 0.25) is 0 Å². The summed E-state index contributed by atoms with van der Waals surface area (Å²) in [7, 11) is -3.84. The van der Waals surface area contributed by atoms with Crippen molar-refractivity contribution in [2.24, 2.45) is 0 Å². The summed E-state index contributed by atoms with van der Waals surface area (Å²) >= 11 is 3.30. The third-order valence-corrected chi connectivity index (χ3v) is 7.09. The Hall–Kier alpha value is -1.78. The average Bonchev–Trinajstić information content (AvgIpc) is 2.78. The van der Waals surface area contributed by atoms with E-state index in [1.807, 2.05) is 30.3 Å². The van der Waals surface area contributed by atoms with Crippen LogP contribution in [0.5, 0.6) is 0 Å². The first-order chi connectivity index (χ1) is 14.9. The molecule has 0 radical (unpaired) electrons. The van der Waals surface area contributed by atoms with Crippen LogP contribution >= 0.6 is 15.9 Å². The first-order valence-corrected chi connectivity index (χ1v) is 12.6. The van der Waals surface area contributed by atoms with E-state index in [1.54, 1.807) is 12.1 Å². The van der Waals surface area contributed by atoms with Crippen LogP contribution in [0.3, 0.4) is 0 Å². The fourth-order valence-corrected chi connectivity index (χ4v) is 4.83. The van der Waals surface area contributed by atoms with Crippen molar-refractivity contribution in [1.29, 1.82) is 0 Å². The monoisotopic (exact) mass is 509 g/mol. The number of nitrogens with zero attached hydrogens (tertiary/aromatic N) is 1. The van der Waals surface area contributed by atoms with Crippen LogP contribution in [-0.2, 0) is 26.0 Å². The number of hydrogen-bond donors (Lipinski definition) is 2. The van der Waals surface area contributed by atoms with Crippen LogP contribution in [-0.4, -0.2) is 64.7 Å². The molecule has 0 aromatic heterocycles. The van der Waals surface area contributed by atoms with Gasteiger partial charge in [-0.15, -0.1) is 0 Å². The molecule has 1 aliphatic rings. The van der Waals surface area contributed by atoms with Gasteiger partial charge in [-0.1, -0.05) is 46.3 Å². The summed E-state index contributed by atoms with van der Waals surface area (Å²) in [5.41, 5.74) is 0.884. The van der Waals surface area contributed by atoms with Crippen molar-refractivity contribution in [3.05, 3.63) is 64.6 Å². The Morgan fingerprint density at radius 1 is 1.06 bits per heavy atom. The zero-order chi connectivity index (χ0) is 22.1. The molecule has 1 unspecified atom stereocenters. The molecule has 0 bridgehead atoms. The quantitative estimate of drug-likeness (QED) is 0.479. The lowest BCUT2D eigenvalue weighted by atomic mass is 10.1. The number of benzene rings is 2. The van der Waals surface area contributed by atoms with Crippen LogP contribution in [0.4, 0.5) is 0 Å². The lowest BCUT2D eigenvalue weighted by molar-refractivity contribution is -0.122. The van der Waals surface area contributed by atoms with Gasteiger partial charge < -0.3 is 10.1 Å². The number of morpholine rings is 1. The van der Waals surface area contributed by atoms with E-state index in [9.17, 15) is 13.2 Å². The van der Waals surface area contributed by atoms with E-state index in [-0.39, 0.29) is 17.2 Å². The summed E-state index contributed by atoms with van der Waals surface area (Å²) in [6.45, 7) is 4.64. The fourth-order valence-electron chi connectivity index (χ4n) is 3.37. The molecule has 1 saturated heterocycles. The maximum Gasteiger partial charge on any atom is 0.241 e. The minimum atomic E-state index is -3.84. The molecule has 0 aliphatic carbocycles. The van der Waals surface area contributed by atoms with E-state index in [0.29, 0.717) is 6.54 Å². The second kappa shape index (κ2) is 11.7. The molecule has 7 nitrogen and oxygen atoms in total. The lowest BCUT2D eigenvalue weighted by Gasteiger charge is -2.26. The highest BCUT2D eigenvalue weighted by Crippen LogP contribution is 2.15. The van der Waals surface area contributed by atoms with Crippen molar-refractivity contribution >= 4 is 31.9 Å². The number of carbonyl (C=O) groups is 1. The van der Waals surface area contributed by atoms with E-state index in [1.165, 1.54) is 12.1 Å². The van der Waals surface area contributed by atoms with E-state index in [0.717, 1.165) is 49.3 Å². The average molecular weight is 510 g/mol. The molecule has 2 N–H and O–H groups in total. The van der Waals surface area contributed by atoms with Gasteiger partial charge in [0.05, 0.1) is 18.1 Å². The van der Waals surface area contributed by atoms with Crippen molar-refractivity contribution in [3.63, 3.8) is 0 Å². The highest BCUT2D eigenvalue weighted by Gasteiger charge is 2.26. The van der Waals surface area contributed by atoms with Gasteiger partial charge in [0.1, 0.15) is 6.04 Å². The van der Waals surface area contributed by atoms with Crippen molar-refractivity contribution in [2.45, 2.75) is 23.8 Å². The molecule has 1 atom stereocenters. The number of hydrogen-bond acceptors (Lipinski definition) is 5. The minimum Gasteiger partial charge on any atom is -0.379 e. The van der Waals surface area contributed by atoms with Crippen molar-refractivity contribution in [3.8, 4) is 0 Å². The Balaban J connectivity index is 1.62. The summed E-state index contributed by atoms with van der Waals surface area (Å²) < 4.78 is 34.4. The second-order valence-electron chi connectivity index (χ2n) is 7.42. The molecule has 0 saturated carbocycles. The number of nitrogens with one attached hydrogen (secondary N) is 2. The molecular weight excluding hydrogens is 482 g/mol. The Bertz CT molecular complexity index is 933. The molecule has 3 rings (SSSR count). The van der Waals surface area contributed by atoms with Gasteiger partial charge in [0.25, 0.3) is 0 Å². The topological polar surface area (TPSA) is 87.7 Å². The Labute approximate surface area is 192 Å². The molecular formula is C22H28BrN3O4S. The molecule has 2 aromatic carbocycles. The van der Waals surface area contributed by atoms with Crippen LogP contribution in [0.15, 0.2) is 64.0 Å². The Kier molecular flexibility index (Phi) is 9.03. The number of rotatable bonds is 10. The summed E-state index contributed by atoms with van der Waals surface area (Å²) in [5.74, 6) is -0.327. The van der Waals surface area contributed by atoms with E-state index in [4.69, 9.17) is 4.74 Å². The van der Waals surface area contributed by atoms with Gasteiger partial charge in [0, 0.05) is 24.1 Å². The van der Waals surface area contributed by atoms with Gasteiger partial charge in [0.15, 0.2) is 0 Å². The highest BCUT2D eigenvalue weighted by molar-refractivity contribution is 9.10. The predicted octanol–water partition coefficient (Wildman–Crippen LogP) is 2.18. The Morgan fingerprint density at radius 3 is 2.42 bits per heavy atom. The van der Waals surface area contributed by atoms with Crippen LogP contribution in [0.1, 0.15) is 12.0 Å². The predicted molar refractivity (Wildman–Crippen MR) is 123 cm³/mol. The van der Waals surface area contributed by atoms with E-state index >= 15 is 0 Å². The third-order valence-electron chi connectivity index (χ3n) is 5.07. The van der Waals surface area contributed by atoms with Gasteiger partial charge in [-0.3, -0.25) is 9.69 Å². The molecule has 168 valence electrons. The van der Waals surface area contributed by atoms with Crippen molar-refractivity contribution in [2.75, 3.05) is 39.4 Å². The van der Waals surface area contributed by atoms with E-state index < -0.39 is 16.1 Å². The van der Waals surface area contributed by atoms with Gasteiger partial charge in [-0.2, -0.15) is 4.72 Å². The molecule has 1 amide bonds. The van der Waals surface area contributed by atoms with Crippen LogP contribution in [0, 0.1) is 0 Å². The first kappa shape index (κ1) is 23.9. The molecule has 1 heterocycles. The van der Waals surface area contributed by atoms with Crippen LogP contribution in [0.25, 0.3) is 0 Å². The maximum atomic E-state index is 12.9. The maximum absolute atomic E-state index is 12.9. The van der Waals surface area contributed by atoms with Gasteiger partial charge in [-0.05, 0) is 49.2 Å². The summed E-state index contributed by atoms with van der Waals surface area (Å²) in [6, 6.07) is 14.8. The minimum absolute atomic E-state index is 0.119. The smallest absolute Gasteiger partial charge is 0.241 e. The standard InChI is InChI=1S/C22H28BrN3O4S/c23-19-7-9-20(10-8-19)31(28,29)25-21(17-18-5-2-1-3-6-18)22(27)24-11-4-12-26-13-15-30-16-14-26/h1-3,5-10,21,25H,4,11-17H2,(H,24,27). The Morgan fingerprint density at radius 2 is 1.74 bits per heavy atom. The second-order valence-corrected chi connectivity index (χ2v) is 10.0. The molecule has 9 heteroatoms. The third kappa shape index (κ3) is 7.69. The zero-order valence-corrected chi connectivity index (χ0v) is 19.7. The normalized spacial score (nSPS) is 16.0. The molecule has 1 fully saturated rings. The van der Waals surface area contributed by atoms with Gasteiger partial charge in [0.2, 0.25) is 15.9 Å². The zero-order valence-electron chi connectivity index (χ0n) is 17.3. The number of sulfonamides is 1. The first-order valence-electron chi connectivity index (χ1n) is 10.3. The summed E-state index contributed by atoms with van der Waals surface area (Å²) in [4.78, 5) is 15.3. The molecule has 0 spiro atoms. The van der Waals surface area contributed by atoms with E-state index in [2.05, 4.69) is 30.9 Å². The van der Waals surface area contributed by atoms with Crippen LogP contribution < -0.4 is 10.0 Å². The van der Waals surface area contributed by atoms with Gasteiger partial charge >= 0.3 is 0 Å². The lowest BCUT2D eigenvalue weighted by Crippen LogP contribution is -2.48. The number of amides is 1. The van der Waals surface area contributed by atoms with Crippen molar-refractivity contribution in [1.82, 2.24) is 14.9 Å². The number of halogens is 1. The summed E-state index contributed by atoms with van der Waals surface area (Å²) in [6.07, 6.45) is 1.06. The van der Waals surface area contributed by atoms with Gasteiger partial charge in [-0.25, -0.2) is 8.42 Å². The molecule has 2 aromatic rings. The SMILES string of the molecule is O=C(NCCCN1CCOCC1)C(Cc1ccccc1)NS(=O)(=O)c1ccc(Br)cc1. The fraction of sp³-hybridized carbons (Fsp3) is 0.409. The number of ether oxygens (including phenoxy) is 1.